The zero-order chi connectivity index (χ0) is 11.1. The van der Waals surface area contributed by atoms with E-state index in [9.17, 15) is 0 Å². The minimum Gasteiger partial charge on any atom is -0.329 e. The second-order valence-corrected chi connectivity index (χ2v) is 4.88. The summed E-state index contributed by atoms with van der Waals surface area (Å²) in [6, 6.07) is 0.660. The molecule has 1 unspecified atom stereocenters. The van der Waals surface area contributed by atoms with Crippen LogP contribution in [0.4, 0.5) is 0 Å². The summed E-state index contributed by atoms with van der Waals surface area (Å²) in [6.45, 7) is 7.85. The molecule has 1 aliphatic carbocycles. The molecule has 2 N–H and O–H groups in total. The Morgan fingerprint density at radius 1 is 1.13 bits per heavy atom. The lowest BCUT2D eigenvalue weighted by Crippen LogP contribution is -2.45. The van der Waals surface area contributed by atoms with Crippen LogP contribution in [0.25, 0.3) is 0 Å². The molecule has 90 valence electrons. The first-order valence-electron chi connectivity index (χ1n) is 6.77. The van der Waals surface area contributed by atoms with Gasteiger partial charge in [0.2, 0.25) is 0 Å². The van der Waals surface area contributed by atoms with Gasteiger partial charge in [0.15, 0.2) is 0 Å². The Morgan fingerprint density at radius 2 is 1.67 bits per heavy atom. The first-order chi connectivity index (χ1) is 7.33. The molecular formula is C13H28N2. The van der Waals surface area contributed by atoms with Crippen LogP contribution in [-0.2, 0) is 0 Å². The maximum Gasteiger partial charge on any atom is 0.0246 e. The van der Waals surface area contributed by atoms with Crippen LogP contribution in [0.15, 0.2) is 0 Å². The van der Waals surface area contributed by atoms with E-state index in [1.807, 2.05) is 0 Å². The fraction of sp³-hybridized carbons (Fsp3) is 1.00. The summed E-state index contributed by atoms with van der Waals surface area (Å²) in [5.41, 5.74) is 5.97. The van der Waals surface area contributed by atoms with Crippen LogP contribution in [0.1, 0.15) is 52.4 Å². The lowest BCUT2D eigenvalue weighted by Gasteiger charge is -2.34. The molecule has 2 nitrogen and oxygen atoms in total. The van der Waals surface area contributed by atoms with Crippen molar-refractivity contribution in [3.8, 4) is 0 Å². The van der Waals surface area contributed by atoms with Crippen molar-refractivity contribution in [3.05, 3.63) is 0 Å². The highest BCUT2D eigenvalue weighted by Crippen LogP contribution is 2.30. The summed E-state index contributed by atoms with van der Waals surface area (Å²) in [6.07, 6.45) is 8.17. The Balaban J connectivity index is 2.50. The van der Waals surface area contributed by atoms with Gasteiger partial charge in [-0.3, -0.25) is 4.90 Å². The van der Waals surface area contributed by atoms with Crippen molar-refractivity contribution < 1.29 is 0 Å². The maximum atomic E-state index is 5.97. The quantitative estimate of drug-likeness (QED) is 0.703. The lowest BCUT2D eigenvalue weighted by molar-refractivity contribution is 0.147. The molecule has 0 aromatic carbocycles. The molecule has 15 heavy (non-hydrogen) atoms. The maximum absolute atomic E-state index is 5.97. The highest BCUT2D eigenvalue weighted by molar-refractivity contribution is 4.83. The summed E-state index contributed by atoms with van der Waals surface area (Å²) in [5.74, 6) is 0.882. The van der Waals surface area contributed by atoms with Gasteiger partial charge in [-0.05, 0) is 44.7 Å². The van der Waals surface area contributed by atoms with Gasteiger partial charge in [-0.2, -0.15) is 0 Å². The third-order valence-electron chi connectivity index (χ3n) is 3.68. The van der Waals surface area contributed by atoms with Crippen LogP contribution < -0.4 is 5.73 Å². The third kappa shape index (κ3) is 3.76. The fourth-order valence-corrected chi connectivity index (χ4v) is 3.00. The number of hydrogen-bond donors (Lipinski definition) is 1. The van der Waals surface area contributed by atoms with Crippen LogP contribution >= 0.6 is 0 Å². The van der Waals surface area contributed by atoms with Gasteiger partial charge in [0.25, 0.3) is 0 Å². The topological polar surface area (TPSA) is 29.3 Å². The Morgan fingerprint density at radius 3 is 2.07 bits per heavy atom. The molecule has 1 aliphatic rings. The molecule has 0 heterocycles. The molecule has 1 saturated carbocycles. The molecule has 1 atom stereocenters. The number of rotatable bonds is 7. The smallest absolute Gasteiger partial charge is 0.0246 e. The molecule has 0 radical (unpaired) electrons. The first kappa shape index (κ1) is 13.0. The van der Waals surface area contributed by atoms with Crippen LogP contribution in [0.3, 0.4) is 0 Å². The Bertz CT molecular complexity index is 147. The van der Waals surface area contributed by atoms with Crippen molar-refractivity contribution >= 4 is 0 Å². The minimum atomic E-state index is 0.660. The van der Waals surface area contributed by atoms with Gasteiger partial charge in [-0.15, -0.1) is 0 Å². The van der Waals surface area contributed by atoms with Crippen molar-refractivity contribution in [2.75, 3.05) is 19.6 Å². The van der Waals surface area contributed by atoms with E-state index in [1.165, 1.54) is 51.6 Å². The molecular weight excluding hydrogens is 184 g/mol. The number of nitrogens with zero attached hydrogens (tertiary/aromatic N) is 1. The normalized spacial score (nSPS) is 20.0. The van der Waals surface area contributed by atoms with E-state index >= 15 is 0 Å². The van der Waals surface area contributed by atoms with Crippen molar-refractivity contribution in [3.63, 3.8) is 0 Å². The molecule has 0 aromatic rings. The second kappa shape index (κ2) is 7.24. The van der Waals surface area contributed by atoms with Crippen molar-refractivity contribution in [2.24, 2.45) is 11.7 Å². The summed E-state index contributed by atoms with van der Waals surface area (Å²) in [5, 5.41) is 0. The molecule has 1 fully saturated rings. The highest BCUT2D eigenvalue weighted by atomic mass is 15.2. The molecule has 0 spiro atoms. The Labute approximate surface area is 95.2 Å². The van der Waals surface area contributed by atoms with Crippen molar-refractivity contribution in [2.45, 2.75) is 58.4 Å². The molecule has 1 rings (SSSR count). The average Bonchev–Trinajstić information content (AvgIpc) is 2.73. The Hall–Kier alpha value is -0.0800. The van der Waals surface area contributed by atoms with Gasteiger partial charge in [0.05, 0.1) is 0 Å². The zero-order valence-electron chi connectivity index (χ0n) is 10.5. The minimum absolute atomic E-state index is 0.660. The summed E-state index contributed by atoms with van der Waals surface area (Å²) < 4.78 is 0. The van der Waals surface area contributed by atoms with Gasteiger partial charge in [0, 0.05) is 12.6 Å². The fourth-order valence-electron chi connectivity index (χ4n) is 3.00. The monoisotopic (exact) mass is 212 g/mol. The Kier molecular flexibility index (Phi) is 6.26. The van der Waals surface area contributed by atoms with Gasteiger partial charge >= 0.3 is 0 Å². The van der Waals surface area contributed by atoms with E-state index in [-0.39, 0.29) is 0 Å². The highest BCUT2D eigenvalue weighted by Gasteiger charge is 2.27. The molecule has 0 bridgehead atoms. The average molecular weight is 212 g/mol. The number of hydrogen-bond acceptors (Lipinski definition) is 2. The summed E-state index contributed by atoms with van der Waals surface area (Å²) in [4.78, 5) is 2.63. The predicted molar refractivity (Wildman–Crippen MR) is 67.0 cm³/mol. The van der Waals surface area contributed by atoms with Crippen LogP contribution in [0.2, 0.25) is 0 Å². The molecule has 0 amide bonds. The van der Waals surface area contributed by atoms with Crippen LogP contribution in [-0.4, -0.2) is 30.6 Å². The third-order valence-corrected chi connectivity index (χ3v) is 3.68. The van der Waals surface area contributed by atoms with E-state index in [0.717, 1.165) is 12.5 Å². The molecule has 2 heteroatoms. The molecule has 0 aromatic heterocycles. The largest absolute Gasteiger partial charge is 0.329 e. The zero-order valence-corrected chi connectivity index (χ0v) is 10.5. The van der Waals surface area contributed by atoms with Gasteiger partial charge < -0.3 is 5.73 Å². The summed E-state index contributed by atoms with van der Waals surface area (Å²) in [7, 11) is 0. The van der Waals surface area contributed by atoms with Crippen molar-refractivity contribution in [1.29, 1.82) is 0 Å². The van der Waals surface area contributed by atoms with E-state index in [4.69, 9.17) is 5.73 Å². The summed E-state index contributed by atoms with van der Waals surface area (Å²) >= 11 is 0. The second-order valence-electron chi connectivity index (χ2n) is 4.88. The molecule has 0 saturated heterocycles. The first-order valence-corrected chi connectivity index (χ1v) is 6.77. The standard InChI is InChI=1S/C13H28N2/c1-3-9-15(10-4-2)13(11-14)12-7-5-6-8-12/h12-13H,3-11,14H2,1-2H3. The SMILES string of the molecule is CCCN(CCC)C(CN)C1CCCC1. The lowest BCUT2D eigenvalue weighted by atomic mass is 9.96. The van der Waals surface area contributed by atoms with Crippen LogP contribution in [0, 0.1) is 5.92 Å². The number of nitrogens with two attached hydrogens (primary N) is 1. The van der Waals surface area contributed by atoms with E-state index in [1.54, 1.807) is 0 Å². The predicted octanol–water partition coefficient (Wildman–Crippen LogP) is 2.63. The van der Waals surface area contributed by atoms with Crippen LogP contribution in [0.5, 0.6) is 0 Å². The van der Waals surface area contributed by atoms with Gasteiger partial charge in [-0.25, -0.2) is 0 Å². The van der Waals surface area contributed by atoms with Crippen molar-refractivity contribution in [1.82, 2.24) is 4.90 Å². The van der Waals surface area contributed by atoms with Gasteiger partial charge in [-0.1, -0.05) is 26.7 Å². The van der Waals surface area contributed by atoms with Gasteiger partial charge in [0.1, 0.15) is 0 Å². The van der Waals surface area contributed by atoms with E-state index in [0.29, 0.717) is 6.04 Å². The van der Waals surface area contributed by atoms with E-state index < -0.39 is 0 Å². The molecule has 0 aliphatic heterocycles. The van der Waals surface area contributed by atoms with E-state index in [2.05, 4.69) is 18.7 Å².